The number of unbranched alkanes of at least 4 members (excludes halogenated alkanes) is 4. The van der Waals surface area contributed by atoms with Crippen LogP contribution in [0.1, 0.15) is 99.8 Å². The number of benzene rings is 1. The second-order valence-electron chi connectivity index (χ2n) is 8.28. The molecule has 0 N–H and O–H groups in total. The van der Waals surface area contributed by atoms with E-state index < -0.39 is 86.7 Å². The molecule has 0 aliphatic carbocycles. The summed E-state index contributed by atoms with van der Waals surface area (Å²) >= 11 is -5.63. The van der Waals surface area contributed by atoms with Crippen LogP contribution in [0.2, 0.25) is 17.7 Å². The summed E-state index contributed by atoms with van der Waals surface area (Å²) in [7, 11) is 0. The number of carbonyl (C=O) groups excluding carboxylic acids is 2. The van der Waals surface area contributed by atoms with Crippen LogP contribution in [-0.4, -0.2) is 52.3 Å². The Bertz CT molecular complexity index is 727. The van der Waals surface area contributed by atoms with Crippen molar-refractivity contribution in [2.75, 3.05) is 0 Å². The first-order valence-corrected chi connectivity index (χ1v) is 22.6. The van der Waals surface area contributed by atoms with Crippen LogP contribution in [0.25, 0.3) is 0 Å². The van der Waals surface area contributed by atoms with Gasteiger partial charge < -0.3 is 0 Å². The van der Waals surface area contributed by atoms with Gasteiger partial charge in [-0.25, -0.2) is 0 Å². The van der Waals surface area contributed by atoms with E-state index in [-0.39, 0.29) is 0 Å². The molecule has 0 bridgehead atoms. The van der Waals surface area contributed by atoms with Gasteiger partial charge in [0.1, 0.15) is 0 Å². The van der Waals surface area contributed by atoms with Crippen molar-refractivity contribution in [3.05, 3.63) is 34.4 Å². The number of rotatable bonds is 16. The minimum absolute atomic E-state index is 0.684. The Kier molecular flexibility index (Phi) is 15.8. The van der Waals surface area contributed by atoms with Crippen molar-refractivity contribution < 1.29 is 33.3 Å². The van der Waals surface area contributed by atoms with E-state index in [2.05, 4.69) is 0 Å². The van der Waals surface area contributed by atoms with Gasteiger partial charge in [-0.3, -0.25) is 0 Å². The molecule has 0 unspecified atom stereocenters. The summed E-state index contributed by atoms with van der Waals surface area (Å²) in [6.07, 6.45) is 6.79. The zero-order valence-corrected chi connectivity index (χ0v) is 26.3. The van der Waals surface area contributed by atoms with Gasteiger partial charge in [0.25, 0.3) is 0 Å². The molecule has 2 radical (unpaired) electrons. The summed E-state index contributed by atoms with van der Waals surface area (Å²) in [5, 5.41) is 0. The summed E-state index contributed by atoms with van der Waals surface area (Å²) in [5.74, 6) is -10.7. The number of halogens is 4. The average Bonchev–Trinajstić information content (AvgIpc) is 2.82. The van der Waals surface area contributed by atoms with Gasteiger partial charge in [0, 0.05) is 0 Å². The van der Waals surface area contributed by atoms with Crippen molar-refractivity contribution >= 4 is 52.3 Å². The minimum atomic E-state index is -2.82. The van der Waals surface area contributed by atoms with Crippen LogP contribution in [0, 0.1) is 23.3 Å². The van der Waals surface area contributed by atoms with E-state index in [9.17, 15) is 27.2 Å². The molecule has 1 aromatic carbocycles. The second kappa shape index (κ2) is 17.0. The van der Waals surface area contributed by atoms with Gasteiger partial charge in [0.2, 0.25) is 0 Å². The Morgan fingerprint density at radius 1 is 0.559 bits per heavy atom. The number of hydrogen-bond acceptors (Lipinski definition) is 4. The summed E-state index contributed by atoms with van der Waals surface area (Å²) < 4.78 is 71.5. The van der Waals surface area contributed by atoms with Gasteiger partial charge in [0.05, 0.1) is 0 Å². The van der Waals surface area contributed by atoms with E-state index in [0.29, 0.717) is 17.7 Å². The zero-order valence-electron chi connectivity index (χ0n) is 20.6. The number of hydrogen-bond donors (Lipinski definition) is 0. The van der Waals surface area contributed by atoms with Crippen LogP contribution in [0.3, 0.4) is 0 Å². The first-order valence-electron chi connectivity index (χ1n) is 12.2. The third-order valence-corrected chi connectivity index (χ3v) is 18.5. The monoisotopic (exact) mass is 704 g/mol. The van der Waals surface area contributed by atoms with Gasteiger partial charge in [-0.05, 0) is 0 Å². The Labute approximate surface area is 215 Å². The zero-order chi connectivity index (χ0) is 25.7. The molecule has 192 valence electrons. The van der Waals surface area contributed by atoms with E-state index in [1.165, 1.54) is 0 Å². The molecular formula is C24H36F4O4Sn2. The molecule has 0 amide bonds. The molecular weight excluding hydrogens is 666 g/mol. The van der Waals surface area contributed by atoms with Crippen molar-refractivity contribution in [1.29, 1.82) is 0 Å². The fraction of sp³-hybridized carbons (Fsp3) is 0.667. The fourth-order valence-corrected chi connectivity index (χ4v) is 16.5. The molecule has 0 saturated carbocycles. The Balaban J connectivity index is 3.35. The SMILES string of the molecule is CCC[CH2][Sn]([CH2]CCC)[O]C(=O)c1c(F)c(F)c(F)c(F)c1C(=O)[O][Sn]([CH2]CCC)[CH2]CCC. The molecule has 0 spiro atoms. The molecule has 1 rings (SSSR count). The van der Waals surface area contributed by atoms with Crippen molar-refractivity contribution in [2.24, 2.45) is 0 Å². The summed E-state index contributed by atoms with van der Waals surface area (Å²) in [6, 6.07) is 0. The Morgan fingerprint density at radius 3 is 1.06 bits per heavy atom. The molecule has 10 heteroatoms. The van der Waals surface area contributed by atoms with E-state index in [1.54, 1.807) is 0 Å². The van der Waals surface area contributed by atoms with E-state index in [4.69, 9.17) is 6.15 Å². The Hall–Kier alpha value is -0.523. The van der Waals surface area contributed by atoms with Gasteiger partial charge in [-0.2, -0.15) is 0 Å². The van der Waals surface area contributed by atoms with Crippen molar-refractivity contribution in [3.63, 3.8) is 0 Å². The standard InChI is InChI=1S/C8H2F4O4.4C4H9.2Sn/c9-3-1(7(13)14)2(8(15)16)4(10)6(12)5(3)11;4*1-3-4-2;;/h(H,13,14)(H,15,16);4*1,3-4H2,2H3;;/q;;;;;2*+1/p-2. The maximum absolute atomic E-state index is 14.8. The fourth-order valence-electron chi connectivity index (χ4n) is 3.33. The van der Waals surface area contributed by atoms with E-state index in [1.807, 2.05) is 27.7 Å². The molecule has 0 fully saturated rings. The molecule has 1 aromatic rings. The summed E-state index contributed by atoms with van der Waals surface area (Å²) in [5.41, 5.74) is -2.36. The van der Waals surface area contributed by atoms with Crippen molar-refractivity contribution in [2.45, 2.75) is 96.8 Å². The van der Waals surface area contributed by atoms with Crippen LogP contribution in [0.5, 0.6) is 0 Å². The van der Waals surface area contributed by atoms with Crippen LogP contribution >= 0.6 is 0 Å². The Morgan fingerprint density at radius 2 is 0.824 bits per heavy atom. The quantitative estimate of drug-likeness (QED) is 0.0767. The van der Waals surface area contributed by atoms with Gasteiger partial charge in [-0.15, -0.1) is 0 Å². The van der Waals surface area contributed by atoms with Crippen LogP contribution < -0.4 is 0 Å². The van der Waals surface area contributed by atoms with Crippen LogP contribution in [-0.2, 0) is 6.15 Å². The van der Waals surface area contributed by atoms with E-state index in [0.717, 1.165) is 51.4 Å². The third kappa shape index (κ3) is 9.50. The topological polar surface area (TPSA) is 52.6 Å². The van der Waals surface area contributed by atoms with Crippen LogP contribution in [0.4, 0.5) is 17.6 Å². The molecule has 0 saturated heterocycles. The van der Waals surface area contributed by atoms with Crippen molar-refractivity contribution in [1.82, 2.24) is 0 Å². The first-order chi connectivity index (χ1) is 16.2. The first kappa shape index (κ1) is 31.5. The summed E-state index contributed by atoms with van der Waals surface area (Å²) in [4.78, 5) is 25.8. The molecule has 0 atom stereocenters. The van der Waals surface area contributed by atoms with Gasteiger partial charge >= 0.3 is 217 Å². The molecule has 0 aromatic heterocycles. The normalized spacial score (nSPS) is 11.4. The van der Waals surface area contributed by atoms with E-state index >= 15 is 0 Å². The molecule has 0 aliphatic heterocycles. The second-order valence-corrected chi connectivity index (χ2v) is 21.3. The molecule has 4 nitrogen and oxygen atoms in total. The average molecular weight is 702 g/mol. The van der Waals surface area contributed by atoms with Crippen LogP contribution in [0.15, 0.2) is 0 Å². The molecule has 0 aliphatic rings. The number of carbonyl (C=O) groups is 2. The third-order valence-electron chi connectivity index (χ3n) is 5.39. The molecule has 34 heavy (non-hydrogen) atoms. The summed E-state index contributed by atoms with van der Waals surface area (Å²) in [6.45, 7) is 7.94. The predicted molar refractivity (Wildman–Crippen MR) is 127 cm³/mol. The van der Waals surface area contributed by atoms with Crippen molar-refractivity contribution in [3.8, 4) is 0 Å². The molecule has 0 heterocycles. The van der Waals surface area contributed by atoms with Gasteiger partial charge in [-0.1, -0.05) is 0 Å². The predicted octanol–water partition coefficient (Wildman–Crippen LogP) is 7.74. The van der Waals surface area contributed by atoms with Gasteiger partial charge in [0.15, 0.2) is 0 Å². The maximum atomic E-state index is 14.8.